The van der Waals surface area contributed by atoms with Crippen molar-refractivity contribution in [3.05, 3.63) is 131 Å². The molecule has 1 heterocycles. The molecular formula is C33H28N4O4. The first-order chi connectivity index (χ1) is 19.8. The largest absolute Gasteiger partial charge is 0.321 e. The molecule has 0 saturated carbocycles. The molecule has 4 aromatic carbocycles. The molecule has 1 atom stereocenters. The molecule has 4 aromatic rings. The second-order valence-electron chi connectivity index (χ2n) is 9.66. The Bertz CT molecular complexity index is 1660. The van der Waals surface area contributed by atoms with Crippen LogP contribution in [0.2, 0.25) is 0 Å². The number of nitrogens with zero attached hydrogens (tertiary/aromatic N) is 2. The van der Waals surface area contributed by atoms with Crippen LogP contribution in [0.3, 0.4) is 0 Å². The number of aryl methyl sites for hydroxylation is 1. The number of fused-ring (bicyclic) bond motifs is 1. The minimum absolute atomic E-state index is 0.0901. The third kappa shape index (κ3) is 5.96. The second-order valence-corrected chi connectivity index (χ2v) is 9.66. The van der Waals surface area contributed by atoms with Crippen molar-refractivity contribution in [2.75, 3.05) is 16.8 Å². The Balaban J connectivity index is 1.51. The molecule has 2 N–H and O–H groups in total. The van der Waals surface area contributed by atoms with E-state index in [1.54, 1.807) is 48.5 Å². The molecule has 1 aliphatic rings. The first kappa shape index (κ1) is 27.2. The van der Waals surface area contributed by atoms with E-state index in [1.807, 2.05) is 61.5 Å². The molecule has 8 heteroatoms. The number of nitrogens with one attached hydrogen (secondary N) is 2. The van der Waals surface area contributed by atoms with Crippen molar-refractivity contribution in [1.29, 1.82) is 0 Å². The Morgan fingerprint density at radius 3 is 2.20 bits per heavy atom. The van der Waals surface area contributed by atoms with Crippen LogP contribution in [-0.2, 0) is 4.79 Å². The Hall–Kier alpha value is -5.37. The van der Waals surface area contributed by atoms with E-state index < -0.39 is 18.1 Å². The van der Waals surface area contributed by atoms with E-state index in [0.29, 0.717) is 33.8 Å². The molecule has 0 unspecified atom stereocenters. The number of carbonyl (C=O) groups is 4. The molecule has 0 aliphatic carbocycles. The van der Waals surface area contributed by atoms with Crippen molar-refractivity contribution in [2.45, 2.75) is 20.0 Å². The Labute approximate surface area is 237 Å². The highest BCUT2D eigenvalue weighted by atomic mass is 16.2. The predicted octanol–water partition coefficient (Wildman–Crippen LogP) is 5.41. The lowest BCUT2D eigenvalue weighted by Gasteiger charge is -2.25. The quantitative estimate of drug-likeness (QED) is 0.303. The average molecular weight is 545 g/mol. The maximum Gasteiger partial charge on any atom is 0.321 e. The van der Waals surface area contributed by atoms with Gasteiger partial charge in [-0.2, -0.15) is 0 Å². The summed E-state index contributed by atoms with van der Waals surface area (Å²) in [6.45, 7) is 3.08. The van der Waals surface area contributed by atoms with E-state index in [9.17, 15) is 19.2 Å². The van der Waals surface area contributed by atoms with Gasteiger partial charge in [-0.25, -0.2) is 9.79 Å². The van der Waals surface area contributed by atoms with E-state index in [0.717, 1.165) is 11.1 Å². The molecule has 0 aromatic heterocycles. The first-order valence-electron chi connectivity index (χ1n) is 13.1. The number of Topliss-reactive ketones (excluding diaryl/α,β-unsaturated/α-hetero) is 2. The van der Waals surface area contributed by atoms with Crippen LogP contribution in [0, 0.1) is 6.92 Å². The van der Waals surface area contributed by atoms with Gasteiger partial charge in [0.15, 0.2) is 11.6 Å². The van der Waals surface area contributed by atoms with Gasteiger partial charge in [-0.05, 0) is 49.7 Å². The maximum absolute atomic E-state index is 14.0. The van der Waals surface area contributed by atoms with Crippen LogP contribution in [0.4, 0.5) is 16.2 Å². The third-order valence-corrected chi connectivity index (χ3v) is 6.82. The number of carbonyl (C=O) groups excluding carboxylic acids is 4. The van der Waals surface area contributed by atoms with Crippen molar-refractivity contribution in [1.82, 2.24) is 5.32 Å². The fourth-order valence-electron chi connectivity index (χ4n) is 4.71. The summed E-state index contributed by atoms with van der Waals surface area (Å²) in [5.74, 6) is -0.872. The van der Waals surface area contributed by atoms with E-state index >= 15 is 0 Å². The van der Waals surface area contributed by atoms with Gasteiger partial charge in [0, 0.05) is 27.9 Å². The number of para-hydroxylation sites is 1. The molecule has 0 fully saturated rings. The number of anilines is 2. The van der Waals surface area contributed by atoms with E-state index in [1.165, 1.54) is 11.8 Å². The molecule has 8 nitrogen and oxygen atoms in total. The number of urea groups is 1. The molecule has 0 bridgehead atoms. The zero-order valence-electron chi connectivity index (χ0n) is 22.6. The van der Waals surface area contributed by atoms with Gasteiger partial charge in [0.05, 0.1) is 17.9 Å². The molecule has 0 radical (unpaired) electrons. The van der Waals surface area contributed by atoms with Crippen LogP contribution in [0.5, 0.6) is 0 Å². The molecular weight excluding hydrogens is 516 g/mol. The summed E-state index contributed by atoms with van der Waals surface area (Å²) < 4.78 is 0. The zero-order valence-corrected chi connectivity index (χ0v) is 22.6. The number of ketones is 2. The predicted molar refractivity (Wildman–Crippen MR) is 159 cm³/mol. The zero-order chi connectivity index (χ0) is 28.9. The summed E-state index contributed by atoms with van der Waals surface area (Å²) in [6.07, 6.45) is -1.32. The van der Waals surface area contributed by atoms with E-state index in [-0.39, 0.29) is 18.1 Å². The topological polar surface area (TPSA) is 108 Å². The maximum atomic E-state index is 14.0. The van der Waals surface area contributed by atoms with Crippen molar-refractivity contribution in [2.24, 2.45) is 4.99 Å². The Morgan fingerprint density at radius 1 is 0.829 bits per heavy atom. The summed E-state index contributed by atoms with van der Waals surface area (Å²) >= 11 is 0. The van der Waals surface area contributed by atoms with Crippen LogP contribution < -0.4 is 15.5 Å². The highest BCUT2D eigenvalue weighted by Crippen LogP contribution is 2.29. The Morgan fingerprint density at radius 2 is 1.49 bits per heavy atom. The minimum atomic E-state index is -1.32. The van der Waals surface area contributed by atoms with Crippen LogP contribution in [0.25, 0.3) is 0 Å². The van der Waals surface area contributed by atoms with Gasteiger partial charge in [0.25, 0.3) is 5.91 Å². The molecule has 0 saturated heterocycles. The molecule has 204 valence electrons. The van der Waals surface area contributed by atoms with E-state index in [4.69, 9.17) is 4.99 Å². The molecule has 0 spiro atoms. The second kappa shape index (κ2) is 11.8. The summed E-state index contributed by atoms with van der Waals surface area (Å²) in [5.41, 5.74) is 4.72. The molecule has 41 heavy (non-hydrogen) atoms. The van der Waals surface area contributed by atoms with Crippen molar-refractivity contribution in [3.63, 3.8) is 0 Å². The van der Waals surface area contributed by atoms with E-state index in [2.05, 4.69) is 10.6 Å². The van der Waals surface area contributed by atoms with Gasteiger partial charge in [-0.1, -0.05) is 72.8 Å². The summed E-state index contributed by atoms with van der Waals surface area (Å²) in [4.78, 5) is 58.3. The third-order valence-electron chi connectivity index (χ3n) is 6.82. The van der Waals surface area contributed by atoms with Crippen LogP contribution >= 0.6 is 0 Å². The fraction of sp³-hybridized carbons (Fsp3) is 0.121. The number of benzene rings is 4. The molecule has 3 amide bonds. The average Bonchev–Trinajstić information content (AvgIpc) is 3.09. The van der Waals surface area contributed by atoms with Gasteiger partial charge >= 0.3 is 6.03 Å². The van der Waals surface area contributed by atoms with Crippen molar-refractivity contribution in [3.8, 4) is 0 Å². The van der Waals surface area contributed by atoms with Gasteiger partial charge in [-0.15, -0.1) is 0 Å². The standard InChI is InChI=1S/C33H28N4O4/c1-21-10-6-7-13-26(21)29(39)20-37-28-15-9-8-14-27(28)30(24-11-4-3-5-12-24)35-31(32(37)40)36-33(41)34-25-18-16-23(17-19-25)22(2)38/h3-19,31H,20H2,1-2H3,(H2,34,36,41)/t31-/m1/s1. The highest BCUT2D eigenvalue weighted by Gasteiger charge is 2.34. The number of hydrogen-bond acceptors (Lipinski definition) is 5. The Kier molecular flexibility index (Phi) is 7.83. The van der Waals surface area contributed by atoms with Crippen molar-refractivity contribution < 1.29 is 19.2 Å². The fourth-order valence-corrected chi connectivity index (χ4v) is 4.71. The molecule has 5 rings (SSSR count). The van der Waals surface area contributed by atoms with Gasteiger partial charge < -0.3 is 15.5 Å². The van der Waals surface area contributed by atoms with Crippen LogP contribution in [-0.4, -0.2) is 41.9 Å². The monoisotopic (exact) mass is 544 g/mol. The highest BCUT2D eigenvalue weighted by molar-refractivity contribution is 6.21. The normalized spacial score (nSPS) is 14.4. The summed E-state index contributed by atoms with van der Waals surface area (Å²) in [7, 11) is 0. The van der Waals surface area contributed by atoms with Crippen LogP contribution in [0.1, 0.15) is 44.3 Å². The number of benzodiazepines with no additional fused rings is 1. The van der Waals surface area contributed by atoms with Gasteiger partial charge in [-0.3, -0.25) is 14.4 Å². The smallest absolute Gasteiger partial charge is 0.308 e. The SMILES string of the molecule is CC(=O)c1ccc(NC(=O)N[C@H]2N=C(c3ccccc3)c3ccccc3N(CC(=O)c3ccccc3C)C2=O)cc1. The number of aliphatic imine (C=N–C) groups is 1. The van der Waals surface area contributed by atoms with Gasteiger partial charge in [0.2, 0.25) is 6.17 Å². The number of hydrogen-bond donors (Lipinski definition) is 2. The van der Waals surface area contributed by atoms with Crippen molar-refractivity contribution >= 4 is 40.6 Å². The first-order valence-corrected chi connectivity index (χ1v) is 13.1. The number of rotatable bonds is 7. The summed E-state index contributed by atoms with van der Waals surface area (Å²) in [6, 6.07) is 29.6. The molecule has 1 aliphatic heterocycles. The summed E-state index contributed by atoms with van der Waals surface area (Å²) in [5, 5.41) is 5.37. The lowest BCUT2D eigenvalue weighted by Crippen LogP contribution is -2.50. The van der Waals surface area contributed by atoms with Gasteiger partial charge in [0.1, 0.15) is 0 Å². The lowest BCUT2D eigenvalue weighted by atomic mass is 9.99. The van der Waals surface area contributed by atoms with Crippen LogP contribution in [0.15, 0.2) is 108 Å². The lowest BCUT2D eigenvalue weighted by molar-refractivity contribution is -0.120. The number of amides is 3. The minimum Gasteiger partial charge on any atom is -0.308 e.